The fourth-order valence-corrected chi connectivity index (χ4v) is 5.41. The SMILES string of the molecule is CCC(OCCOC)C12CC(C)CC(C1)N2C(C)I. The quantitative estimate of drug-likeness (QED) is 0.292. The summed E-state index contributed by atoms with van der Waals surface area (Å²) in [6, 6.07) is 0.788. The lowest BCUT2D eigenvalue weighted by atomic mass is 9.61. The predicted octanol–water partition coefficient (Wildman–Crippen LogP) is 3.45. The van der Waals surface area contributed by atoms with E-state index in [0.717, 1.165) is 25.0 Å². The molecule has 2 bridgehead atoms. The summed E-state index contributed by atoms with van der Waals surface area (Å²) in [6.45, 7) is 8.40. The summed E-state index contributed by atoms with van der Waals surface area (Å²) in [7, 11) is 1.74. The van der Waals surface area contributed by atoms with Gasteiger partial charge in [-0.25, -0.2) is 0 Å². The van der Waals surface area contributed by atoms with Crippen LogP contribution in [-0.4, -0.2) is 47.0 Å². The molecule has 0 aromatic rings. The molecule has 0 amide bonds. The van der Waals surface area contributed by atoms with E-state index in [9.17, 15) is 0 Å². The van der Waals surface area contributed by atoms with Crippen molar-refractivity contribution in [3.63, 3.8) is 0 Å². The van der Waals surface area contributed by atoms with Crippen molar-refractivity contribution >= 4 is 22.6 Å². The zero-order chi connectivity index (χ0) is 14.0. The normalized spacial score (nSPS) is 37.7. The van der Waals surface area contributed by atoms with Gasteiger partial charge in [0.25, 0.3) is 0 Å². The van der Waals surface area contributed by atoms with Crippen molar-refractivity contribution in [3.8, 4) is 0 Å². The second kappa shape index (κ2) is 6.58. The van der Waals surface area contributed by atoms with E-state index in [0.29, 0.717) is 22.3 Å². The lowest BCUT2D eigenvalue weighted by Crippen LogP contribution is -2.75. The van der Waals surface area contributed by atoms with Crippen molar-refractivity contribution in [1.82, 2.24) is 4.90 Å². The van der Waals surface area contributed by atoms with Crippen molar-refractivity contribution in [1.29, 1.82) is 0 Å². The molecular formula is C15H28INO2. The second-order valence-electron chi connectivity index (χ2n) is 6.25. The van der Waals surface area contributed by atoms with Gasteiger partial charge in [-0.05, 0) is 38.5 Å². The summed E-state index contributed by atoms with van der Waals surface area (Å²) in [4.78, 5) is 2.73. The van der Waals surface area contributed by atoms with E-state index < -0.39 is 0 Å². The summed E-state index contributed by atoms with van der Waals surface area (Å²) in [5.74, 6) is 0.838. The smallest absolute Gasteiger partial charge is 0.0758 e. The molecule has 0 radical (unpaired) electrons. The Kier molecular flexibility index (Phi) is 5.54. The summed E-state index contributed by atoms with van der Waals surface area (Å²) >= 11 is 2.56. The fourth-order valence-electron chi connectivity index (χ4n) is 4.40. The number of fused-ring (bicyclic) bond motifs is 2. The van der Waals surface area contributed by atoms with E-state index in [1.807, 2.05) is 0 Å². The minimum Gasteiger partial charge on any atom is -0.382 e. The Balaban J connectivity index is 2.08. The molecule has 0 aromatic heterocycles. The molecule has 19 heavy (non-hydrogen) atoms. The van der Waals surface area contributed by atoms with Crippen molar-refractivity contribution in [2.24, 2.45) is 5.92 Å². The van der Waals surface area contributed by atoms with Gasteiger partial charge in [0, 0.05) is 13.2 Å². The van der Waals surface area contributed by atoms with Crippen LogP contribution in [0.25, 0.3) is 0 Å². The van der Waals surface area contributed by atoms with E-state index in [4.69, 9.17) is 9.47 Å². The average Bonchev–Trinajstić information content (AvgIpc) is 2.32. The largest absolute Gasteiger partial charge is 0.382 e. The van der Waals surface area contributed by atoms with Crippen LogP contribution < -0.4 is 0 Å². The minimum absolute atomic E-state index is 0.297. The zero-order valence-electron chi connectivity index (χ0n) is 12.7. The second-order valence-corrected chi connectivity index (χ2v) is 8.05. The van der Waals surface area contributed by atoms with Crippen molar-refractivity contribution in [3.05, 3.63) is 0 Å². The number of alkyl halides is 1. The van der Waals surface area contributed by atoms with E-state index in [-0.39, 0.29) is 0 Å². The van der Waals surface area contributed by atoms with Crippen LogP contribution in [0.5, 0.6) is 0 Å². The van der Waals surface area contributed by atoms with Gasteiger partial charge in [0.05, 0.1) is 28.9 Å². The first-order valence-corrected chi connectivity index (χ1v) is 8.82. The molecule has 0 N–H and O–H groups in total. The maximum absolute atomic E-state index is 6.17. The zero-order valence-corrected chi connectivity index (χ0v) is 14.9. The van der Waals surface area contributed by atoms with Gasteiger partial charge in [-0.3, -0.25) is 4.90 Å². The number of methoxy groups -OCH3 is 1. The molecule has 1 aliphatic carbocycles. The highest BCUT2D eigenvalue weighted by atomic mass is 127. The van der Waals surface area contributed by atoms with Crippen LogP contribution in [0.3, 0.4) is 0 Å². The van der Waals surface area contributed by atoms with Crippen molar-refractivity contribution < 1.29 is 9.47 Å². The van der Waals surface area contributed by atoms with Gasteiger partial charge in [-0.2, -0.15) is 0 Å². The van der Waals surface area contributed by atoms with Crippen molar-refractivity contribution in [2.75, 3.05) is 20.3 Å². The molecule has 2 aliphatic heterocycles. The van der Waals surface area contributed by atoms with Gasteiger partial charge in [0.15, 0.2) is 0 Å². The van der Waals surface area contributed by atoms with Crippen LogP contribution in [-0.2, 0) is 9.47 Å². The van der Waals surface area contributed by atoms with Gasteiger partial charge < -0.3 is 9.47 Å². The first-order chi connectivity index (χ1) is 9.05. The topological polar surface area (TPSA) is 21.7 Å². The highest BCUT2D eigenvalue weighted by Crippen LogP contribution is 2.54. The van der Waals surface area contributed by atoms with Crippen LogP contribution in [0.4, 0.5) is 0 Å². The Hall–Kier alpha value is 0.610. The average molecular weight is 381 g/mol. The Labute approximate surface area is 131 Å². The van der Waals surface area contributed by atoms with E-state index in [1.54, 1.807) is 7.11 Å². The third-order valence-electron chi connectivity index (χ3n) is 4.83. The van der Waals surface area contributed by atoms with Crippen LogP contribution in [0.1, 0.15) is 46.5 Å². The van der Waals surface area contributed by atoms with Crippen LogP contribution >= 0.6 is 22.6 Å². The molecular weight excluding hydrogens is 353 g/mol. The van der Waals surface area contributed by atoms with Gasteiger partial charge in [0.2, 0.25) is 0 Å². The summed E-state index contributed by atoms with van der Waals surface area (Å²) in [6.07, 6.45) is 5.45. The molecule has 3 rings (SSSR count). The Morgan fingerprint density at radius 1 is 1.37 bits per heavy atom. The molecule has 2 heterocycles. The molecule has 3 fully saturated rings. The Morgan fingerprint density at radius 2 is 2.11 bits per heavy atom. The monoisotopic (exact) mass is 381 g/mol. The number of halogens is 1. The molecule has 0 spiro atoms. The Bertz CT molecular complexity index is 300. The number of hydrogen-bond acceptors (Lipinski definition) is 3. The molecule has 5 unspecified atom stereocenters. The van der Waals surface area contributed by atoms with Gasteiger partial charge in [-0.15, -0.1) is 0 Å². The number of nitrogens with zero attached hydrogens (tertiary/aromatic N) is 1. The third-order valence-corrected chi connectivity index (χ3v) is 5.43. The van der Waals surface area contributed by atoms with E-state index in [2.05, 4.69) is 48.3 Å². The lowest BCUT2D eigenvalue weighted by molar-refractivity contribution is -0.201. The van der Waals surface area contributed by atoms with Gasteiger partial charge >= 0.3 is 0 Å². The predicted molar refractivity (Wildman–Crippen MR) is 86.8 cm³/mol. The van der Waals surface area contributed by atoms with Crippen molar-refractivity contribution in [2.45, 2.75) is 68.2 Å². The molecule has 2 saturated heterocycles. The fraction of sp³-hybridized carbons (Fsp3) is 1.00. The first-order valence-electron chi connectivity index (χ1n) is 7.58. The molecule has 1 saturated carbocycles. The summed E-state index contributed by atoms with van der Waals surface area (Å²) in [5.41, 5.74) is 0.297. The summed E-state index contributed by atoms with van der Waals surface area (Å²) in [5, 5.41) is 0. The molecule has 4 heteroatoms. The molecule has 112 valence electrons. The van der Waals surface area contributed by atoms with Gasteiger partial charge in [-0.1, -0.05) is 36.4 Å². The highest BCUT2D eigenvalue weighted by molar-refractivity contribution is 14.1. The molecule has 0 aromatic carbocycles. The molecule has 5 atom stereocenters. The third kappa shape index (κ3) is 2.97. The lowest BCUT2D eigenvalue weighted by Gasteiger charge is -2.67. The van der Waals surface area contributed by atoms with Crippen LogP contribution in [0.2, 0.25) is 0 Å². The number of hydrogen-bond donors (Lipinski definition) is 0. The van der Waals surface area contributed by atoms with Crippen LogP contribution in [0, 0.1) is 5.92 Å². The molecule has 3 nitrogen and oxygen atoms in total. The minimum atomic E-state index is 0.297. The number of ether oxygens (including phenoxy) is 2. The van der Waals surface area contributed by atoms with Crippen LogP contribution in [0.15, 0.2) is 0 Å². The maximum atomic E-state index is 6.17. The first kappa shape index (κ1) is 16.0. The van der Waals surface area contributed by atoms with E-state index in [1.165, 1.54) is 19.3 Å². The maximum Gasteiger partial charge on any atom is 0.0758 e. The van der Waals surface area contributed by atoms with Gasteiger partial charge in [0.1, 0.15) is 0 Å². The standard InChI is InChI=1S/C15H28INO2/c1-5-14(19-7-6-18-4)15-9-11(2)8-13(10-15)17(15)12(3)16/h11-14H,5-10H2,1-4H3. The summed E-state index contributed by atoms with van der Waals surface area (Å²) < 4.78 is 11.9. The molecule has 3 aliphatic rings. The number of piperidine rings is 1. The highest BCUT2D eigenvalue weighted by Gasteiger charge is 2.60. The van der Waals surface area contributed by atoms with E-state index >= 15 is 0 Å². The Morgan fingerprint density at radius 3 is 2.68 bits per heavy atom. The number of rotatable bonds is 7.